The highest BCUT2D eigenvalue weighted by molar-refractivity contribution is 6.30. The topological polar surface area (TPSA) is 99.6 Å². The van der Waals surface area contributed by atoms with Crippen LogP contribution in [0.25, 0.3) is 5.82 Å². The molecule has 3 aromatic heterocycles. The molecule has 130 valence electrons. The number of halogens is 1. The first-order chi connectivity index (χ1) is 12.4. The van der Waals surface area contributed by atoms with Crippen LogP contribution in [-0.2, 0) is 0 Å². The Hall–Kier alpha value is -3.24. The van der Waals surface area contributed by atoms with Crippen molar-refractivity contribution in [3.05, 3.63) is 63.8 Å². The molecule has 2 N–H and O–H groups in total. The Morgan fingerprint density at radius 1 is 1.15 bits per heavy atom. The summed E-state index contributed by atoms with van der Waals surface area (Å²) < 4.78 is 1.55. The molecule has 3 aromatic rings. The number of aromatic nitrogens is 5. The van der Waals surface area contributed by atoms with Crippen LogP contribution in [0, 0.1) is 32.6 Å². The molecule has 0 fully saturated rings. The van der Waals surface area contributed by atoms with Gasteiger partial charge in [-0.1, -0.05) is 17.5 Å². The van der Waals surface area contributed by atoms with Crippen LogP contribution in [0.1, 0.15) is 38.8 Å². The zero-order valence-electron chi connectivity index (χ0n) is 14.4. The molecule has 0 aliphatic rings. The number of primary amides is 1. The molecule has 3 rings (SSSR count). The lowest BCUT2D eigenvalue weighted by Crippen LogP contribution is -2.18. The van der Waals surface area contributed by atoms with E-state index in [1.54, 1.807) is 36.1 Å². The highest BCUT2D eigenvalue weighted by Gasteiger charge is 2.19. The van der Waals surface area contributed by atoms with Crippen LogP contribution >= 0.6 is 11.6 Å². The predicted octanol–water partition coefficient (Wildman–Crippen LogP) is 2.13. The second-order valence-electron chi connectivity index (χ2n) is 5.61. The minimum absolute atomic E-state index is 0.0504. The molecule has 0 aliphatic carbocycles. The molecule has 0 saturated heterocycles. The first-order valence-corrected chi connectivity index (χ1v) is 8.07. The molecule has 0 radical (unpaired) electrons. The second kappa shape index (κ2) is 6.94. The van der Waals surface area contributed by atoms with E-state index in [4.69, 9.17) is 17.3 Å². The normalized spacial score (nSPS) is 10.3. The van der Waals surface area contributed by atoms with E-state index in [0.717, 1.165) is 16.8 Å². The van der Waals surface area contributed by atoms with Crippen molar-refractivity contribution in [3.63, 3.8) is 0 Å². The van der Waals surface area contributed by atoms with Crippen molar-refractivity contribution in [1.82, 2.24) is 24.5 Å². The third-order valence-corrected chi connectivity index (χ3v) is 4.16. The van der Waals surface area contributed by atoms with Gasteiger partial charge < -0.3 is 5.73 Å². The van der Waals surface area contributed by atoms with Crippen LogP contribution in [0.5, 0.6) is 0 Å². The fourth-order valence-corrected chi connectivity index (χ4v) is 2.50. The van der Waals surface area contributed by atoms with Crippen molar-refractivity contribution >= 4 is 17.5 Å². The Kier molecular flexibility index (Phi) is 4.69. The van der Waals surface area contributed by atoms with Crippen molar-refractivity contribution in [2.45, 2.75) is 20.8 Å². The molecular formula is C18H15ClN6O. The van der Waals surface area contributed by atoms with Gasteiger partial charge in [0.05, 0.1) is 23.8 Å². The Balaban J connectivity index is 2.12. The molecular weight excluding hydrogens is 352 g/mol. The van der Waals surface area contributed by atoms with Crippen LogP contribution in [0.4, 0.5) is 0 Å². The van der Waals surface area contributed by atoms with Gasteiger partial charge in [0.1, 0.15) is 10.8 Å². The lowest BCUT2D eigenvalue weighted by molar-refractivity contribution is 0.0988. The standard InChI is InChI=1S/C18H15ClN6O/c1-10-8-23-15(9-22-10)25-12(3)14(24-18(25)17(20)26)5-4-13-6-7-21-16(19)11(13)2/h6-9H,1-3H3,(H2,20,26). The number of nitrogens with zero attached hydrogens (tertiary/aromatic N) is 5. The third-order valence-electron chi connectivity index (χ3n) is 3.78. The van der Waals surface area contributed by atoms with Crippen molar-refractivity contribution in [2.24, 2.45) is 5.73 Å². The summed E-state index contributed by atoms with van der Waals surface area (Å²) in [4.78, 5) is 28.6. The van der Waals surface area contributed by atoms with Gasteiger partial charge in [-0.05, 0) is 32.8 Å². The van der Waals surface area contributed by atoms with Gasteiger partial charge in [0.15, 0.2) is 5.82 Å². The minimum atomic E-state index is -0.674. The summed E-state index contributed by atoms with van der Waals surface area (Å²) in [5.74, 6) is 5.81. The van der Waals surface area contributed by atoms with Crippen molar-refractivity contribution in [3.8, 4) is 17.7 Å². The maximum Gasteiger partial charge on any atom is 0.285 e. The number of carbonyl (C=O) groups excluding carboxylic acids is 1. The molecule has 3 heterocycles. The summed E-state index contributed by atoms with van der Waals surface area (Å²) in [6.45, 7) is 5.45. The summed E-state index contributed by atoms with van der Waals surface area (Å²) in [6.07, 6.45) is 4.75. The van der Waals surface area contributed by atoms with Gasteiger partial charge in [0.2, 0.25) is 5.82 Å². The Morgan fingerprint density at radius 2 is 1.92 bits per heavy atom. The monoisotopic (exact) mass is 366 g/mol. The van der Waals surface area contributed by atoms with Gasteiger partial charge in [0.25, 0.3) is 5.91 Å². The van der Waals surface area contributed by atoms with Gasteiger partial charge in [-0.15, -0.1) is 0 Å². The summed E-state index contributed by atoms with van der Waals surface area (Å²) in [5, 5.41) is 0.395. The van der Waals surface area contributed by atoms with Gasteiger partial charge in [0, 0.05) is 17.3 Å². The zero-order chi connectivity index (χ0) is 18.8. The lowest BCUT2D eigenvalue weighted by atomic mass is 10.1. The molecule has 0 bridgehead atoms. The van der Waals surface area contributed by atoms with E-state index in [-0.39, 0.29) is 5.82 Å². The van der Waals surface area contributed by atoms with E-state index in [2.05, 4.69) is 31.8 Å². The summed E-state index contributed by atoms with van der Waals surface area (Å²) >= 11 is 6.02. The zero-order valence-corrected chi connectivity index (χ0v) is 15.2. The van der Waals surface area contributed by atoms with Crippen LogP contribution in [0.3, 0.4) is 0 Å². The van der Waals surface area contributed by atoms with E-state index in [9.17, 15) is 4.79 Å². The Labute approximate surface area is 155 Å². The average Bonchev–Trinajstić information content (AvgIpc) is 2.94. The number of hydrogen-bond acceptors (Lipinski definition) is 5. The van der Waals surface area contributed by atoms with E-state index in [0.29, 0.717) is 22.4 Å². The largest absolute Gasteiger partial charge is 0.363 e. The van der Waals surface area contributed by atoms with E-state index < -0.39 is 5.91 Å². The lowest BCUT2D eigenvalue weighted by Gasteiger charge is -2.06. The van der Waals surface area contributed by atoms with Crippen LogP contribution in [0.15, 0.2) is 24.7 Å². The number of amides is 1. The third kappa shape index (κ3) is 3.27. The van der Waals surface area contributed by atoms with Crippen LogP contribution in [0.2, 0.25) is 5.15 Å². The molecule has 7 nitrogen and oxygen atoms in total. The number of carbonyl (C=O) groups is 1. The maximum absolute atomic E-state index is 11.8. The first kappa shape index (κ1) is 17.6. The van der Waals surface area contributed by atoms with Crippen molar-refractivity contribution < 1.29 is 4.79 Å². The number of nitrogens with two attached hydrogens (primary N) is 1. The molecule has 0 unspecified atom stereocenters. The van der Waals surface area contributed by atoms with E-state index in [1.165, 1.54) is 0 Å². The van der Waals surface area contributed by atoms with Crippen LogP contribution in [-0.4, -0.2) is 30.4 Å². The van der Waals surface area contributed by atoms with Gasteiger partial charge in [-0.2, -0.15) is 0 Å². The number of hydrogen-bond donors (Lipinski definition) is 1. The molecule has 0 aliphatic heterocycles. The van der Waals surface area contributed by atoms with E-state index >= 15 is 0 Å². The number of rotatable bonds is 2. The highest BCUT2D eigenvalue weighted by Crippen LogP contribution is 2.17. The highest BCUT2D eigenvalue weighted by atomic mass is 35.5. The molecule has 8 heteroatoms. The number of pyridine rings is 1. The molecule has 1 amide bonds. The Morgan fingerprint density at radius 3 is 2.58 bits per heavy atom. The average molecular weight is 367 g/mol. The predicted molar refractivity (Wildman–Crippen MR) is 97.1 cm³/mol. The molecule has 0 spiro atoms. The summed E-state index contributed by atoms with van der Waals surface area (Å²) in [7, 11) is 0. The van der Waals surface area contributed by atoms with Gasteiger partial charge in [-0.25, -0.2) is 15.0 Å². The molecule has 0 atom stereocenters. The molecule has 0 aromatic carbocycles. The fourth-order valence-electron chi connectivity index (χ4n) is 2.34. The maximum atomic E-state index is 11.8. The number of imidazole rings is 1. The quantitative estimate of drug-likeness (QED) is 0.553. The molecule has 0 saturated carbocycles. The van der Waals surface area contributed by atoms with Crippen LogP contribution < -0.4 is 5.73 Å². The van der Waals surface area contributed by atoms with E-state index in [1.807, 2.05) is 13.8 Å². The van der Waals surface area contributed by atoms with Gasteiger partial charge >= 0.3 is 0 Å². The molecule has 26 heavy (non-hydrogen) atoms. The summed E-state index contributed by atoms with van der Waals surface area (Å²) in [6, 6.07) is 1.76. The second-order valence-corrected chi connectivity index (χ2v) is 5.97. The van der Waals surface area contributed by atoms with Crippen molar-refractivity contribution in [1.29, 1.82) is 0 Å². The summed E-state index contributed by atoms with van der Waals surface area (Å²) in [5.41, 5.74) is 8.81. The fraction of sp³-hybridized carbons (Fsp3) is 0.167. The Bertz CT molecular complexity index is 1060. The van der Waals surface area contributed by atoms with Crippen molar-refractivity contribution in [2.75, 3.05) is 0 Å². The minimum Gasteiger partial charge on any atom is -0.363 e. The van der Waals surface area contributed by atoms with Gasteiger partial charge in [-0.3, -0.25) is 14.3 Å². The smallest absolute Gasteiger partial charge is 0.285 e. The first-order valence-electron chi connectivity index (χ1n) is 7.69. The SMILES string of the molecule is Cc1cnc(-n2c(C(N)=O)nc(C#Cc3ccnc(Cl)c3C)c2C)cn1. The number of aryl methyl sites for hydroxylation is 1.